The molecule has 17 heavy (non-hydrogen) atoms. The van der Waals surface area contributed by atoms with Gasteiger partial charge in [-0.1, -0.05) is 6.42 Å². The Labute approximate surface area is 97.2 Å². The van der Waals surface area contributed by atoms with Crippen molar-refractivity contribution in [2.24, 2.45) is 0 Å². The summed E-state index contributed by atoms with van der Waals surface area (Å²) in [5.74, 6) is -1.43. The van der Waals surface area contributed by atoms with Crippen LogP contribution in [0, 0.1) is 0 Å². The second-order valence-electron chi connectivity index (χ2n) is 3.98. The minimum atomic E-state index is -3.51. The summed E-state index contributed by atoms with van der Waals surface area (Å²) in [4.78, 5) is 23.9. The van der Waals surface area contributed by atoms with Crippen LogP contribution in [-0.4, -0.2) is 29.7 Å². The van der Waals surface area contributed by atoms with E-state index in [1.54, 1.807) is 0 Å². The number of carboxylic acid groups (broad SMARTS) is 1. The van der Waals surface area contributed by atoms with Crippen LogP contribution in [0.5, 0.6) is 0 Å². The highest BCUT2D eigenvalue weighted by atomic mass is 32.2. The molecule has 0 spiro atoms. The molecule has 2 N–H and O–H groups in total. The molecule has 7 heteroatoms. The molecule has 0 bridgehead atoms. The Morgan fingerprint density at radius 3 is 2.53 bits per heavy atom. The molecule has 1 fully saturated rings. The van der Waals surface area contributed by atoms with E-state index in [1.165, 1.54) is 0 Å². The van der Waals surface area contributed by atoms with Gasteiger partial charge in [0, 0.05) is 6.20 Å². The molecule has 0 aliphatic heterocycles. The number of aromatic carboxylic acids is 1. The van der Waals surface area contributed by atoms with E-state index in [4.69, 9.17) is 5.11 Å². The Morgan fingerprint density at radius 2 is 2.06 bits per heavy atom. The predicted octanol–water partition coefficient (Wildman–Crippen LogP) is 0.399. The van der Waals surface area contributed by atoms with Gasteiger partial charge in [-0.05, 0) is 18.9 Å². The predicted molar refractivity (Wildman–Crippen MR) is 58.8 cm³/mol. The van der Waals surface area contributed by atoms with Crippen molar-refractivity contribution < 1.29 is 18.3 Å². The number of hydrogen-bond acceptors (Lipinski definition) is 4. The van der Waals surface area contributed by atoms with Gasteiger partial charge in [-0.15, -0.1) is 0 Å². The van der Waals surface area contributed by atoms with Crippen molar-refractivity contribution in [3.63, 3.8) is 0 Å². The smallest absolute Gasteiger partial charge is 0.341 e. The largest absolute Gasteiger partial charge is 0.477 e. The van der Waals surface area contributed by atoms with Crippen molar-refractivity contribution in [3.8, 4) is 0 Å². The first-order chi connectivity index (χ1) is 7.93. The number of carboxylic acids is 1. The van der Waals surface area contributed by atoms with Crippen LogP contribution in [0.4, 0.5) is 0 Å². The van der Waals surface area contributed by atoms with Gasteiger partial charge in [-0.25, -0.2) is 13.2 Å². The Morgan fingerprint density at radius 1 is 1.41 bits per heavy atom. The zero-order chi connectivity index (χ0) is 12.6. The van der Waals surface area contributed by atoms with E-state index in [9.17, 15) is 18.0 Å². The van der Waals surface area contributed by atoms with Gasteiger partial charge in [0.25, 0.3) is 5.56 Å². The molecule has 0 aromatic carbocycles. The van der Waals surface area contributed by atoms with E-state index in [0.29, 0.717) is 12.8 Å². The first-order valence-corrected chi connectivity index (χ1v) is 6.67. The first-order valence-electron chi connectivity index (χ1n) is 5.13. The molecule has 92 valence electrons. The quantitative estimate of drug-likeness (QED) is 0.815. The fraction of sp³-hybridized carbons (Fsp3) is 0.400. The molecular weight excluding hydrogens is 246 g/mol. The topological polar surface area (TPSA) is 104 Å². The highest BCUT2D eigenvalue weighted by molar-refractivity contribution is 7.92. The second-order valence-corrected chi connectivity index (χ2v) is 6.21. The summed E-state index contributed by atoms with van der Waals surface area (Å²) in [6, 6.07) is 0.925. The van der Waals surface area contributed by atoms with Gasteiger partial charge in [0.05, 0.1) is 10.1 Å². The summed E-state index contributed by atoms with van der Waals surface area (Å²) in [7, 11) is -3.51. The van der Waals surface area contributed by atoms with Crippen LogP contribution in [0.3, 0.4) is 0 Å². The lowest BCUT2D eigenvalue weighted by Gasteiger charge is -2.25. The number of aromatic amines is 1. The molecule has 0 saturated heterocycles. The molecule has 1 aromatic heterocycles. The Kier molecular flexibility index (Phi) is 2.78. The van der Waals surface area contributed by atoms with Gasteiger partial charge >= 0.3 is 5.97 Å². The summed E-state index contributed by atoms with van der Waals surface area (Å²) < 4.78 is 24.0. The average molecular weight is 257 g/mol. The minimum absolute atomic E-state index is 0.126. The van der Waals surface area contributed by atoms with Gasteiger partial charge in [0.15, 0.2) is 9.84 Å². The average Bonchev–Trinajstić information content (AvgIpc) is 2.13. The van der Waals surface area contributed by atoms with E-state index in [2.05, 4.69) is 4.98 Å². The van der Waals surface area contributed by atoms with Crippen molar-refractivity contribution in [1.82, 2.24) is 4.98 Å². The van der Waals surface area contributed by atoms with Crippen molar-refractivity contribution in [3.05, 3.63) is 28.2 Å². The Bertz CT molecular complexity index is 612. The molecule has 1 saturated carbocycles. The lowest BCUT2D eigenvalue weighted by atomic mass is 10.00. The Hall–Kier alpha value is -1.63. The maximum absolute atomic E-state index is 12.0. The van der Waals surface area contributed by atoms with Crippen molar-refractivity contribution in [2.75, 3.05) is 0 Å². The highest BCUT2D eigenvalue weighted by Crippen LogP contribution is 2.30. The molecule has 0 atom stereocenters. The molecule has 1 aliphatic carbocycles. The molecule has 1 aliphatic rings. The van der Waals surface area contributed by atoms with Crippen molar-refractivity contribution >= 4 is 15.8 Å². The maximum Gasteiger partial charge on any atom is 0.341 e. The van der Waals surface area contributed by atoms with E-state index in [1.807, 2.05) is 0 Å². The Balaban J connectivity index is 2.50. The summed E-state index contributed by atoms with van der Waals surface area (Å²) in [5, 5.41) is 8.30. The standard InChI is InChI=1S/C10H11NO5S/c12-9-8(10(13)14)4-7(5-11-9)17(15,16)6-2-1-3-6/h4-6H,1-3H2,(H,11,12)(H,13,14). The molecule has 0 unspecified atom stereocenters. The molecule has 1 heterocycles. The SMILES string of the molecule is O=C(O)c1cc(S(=O)(=O)C2CCC2)c[nH]c1=O. The summed E-state index contributed by atoms with van der Waals surface area (Å²) in [6.07, 6.45) is 3.09. The number of sulfone groups is 1. The van der Waals surface area contributed by atoms with E-state index in [-0.39, 0.29) is 4.90 Å². The molecule has 2 rings (SSSR count). The third-order valence-electron chi connectivity index (χ3n) is 2.93. The third kappa shape index (κ3) is 1.97. The number of nitrogens with one attached hydrogen (secondary N) is 1. The van der Waals surface area contributed by atoms with E-state index >= 15 is 0 Å². The molecule has 6 nitrogen and oxygen atoms in total. The zero-order valence-electron chi connectivity index (χ0n) is 8.84. The van der Waals surface area contributed by atoms with E-state index < -0.39 is 32.2 Å². The van der Waals surface area contributed by atoms with Crippen molar-refractivity contribution in [1.29, 1.82) is 0 Å². The zero-order valence-corrected chi connectivity index (χ0v) is 9.66. The van der Waals surface area contributed by atoms with Gasteiger partial charge in [-0.2, -0.15) is 0 Å². The second kappa shape index (κ2) is 3.99. The number of H-pyrrole nitrogens is 1. The number of carbonyl (C=O) groups is 1. The number of aromatic nitrogens is 1. The fourth-order valence-electron chi connectivity index (χ4n) is 1.66. The van der Waals surface area contributed by atoms with Crippen LogP contribution in [0.15, 0.2) is 22.0 Å². The van der Waals surface area contributed by atoms with Crippen LogP contribution in [0.2, 0.25) is 0 Å². The van der Waals surface area contributed by atoms with Gasteiger partial charge in [0.2, 0.25) is 0 Å². The highest BCUT2D eigenvalue weighted by Gasteiger charge is 2.33. The summed E-state index contributed by atoms with van der Waals surface area (Å²) in [6.45, 7) is 0. The number of pyridine rings is 1. The summed E-state index contributed by atoms with van der Waals surface area (Å²) >= 11 is 0. The summed E-state index contributed by atoms with van der Waals surface area (Å²) in [5.41, 5.74) is -1.35. The molecule has 1 aromatic rings. The van der Waals surface area contributed by atoms with Crippen LogP contribution >= 0.6 is 0 Å². The first kappa shape index (κ1) is 11.8. The maximum atomic E-state index is 12.0. The molecule has 0 amide bonds. The van der Waals surface area contributed by atoms with Crippen molar-refractivity contribution in [2.45, 2.75) is 29.4 Å². The van der Waals surface area contributed by atoms with Gasteiger partial charge in [-0.3, -0.25) is 4.79 Å². The fourth-order valence-corrected chi connectivity index (χ4v) is 3.50. The number of rotatable bonds is 3. The van der Waals surface area contributed by atoms with Crippen LogP contribution in [-0.2, 0) is 9.84 Å². The molecule has 0 radical (unpaired) electrons. The van der Waals surface area contributed by atoms with Crippen LogP contribution in [0.1, 0.15) is 29.6 Å². The minimum Gasteiger partial charge on any atom is -0.477 e. The monoisotopic (exact) mass is 257 g/mol. The number of hydrogen-bond donors (Lipinski definition) is 2. The lowest BCUT2D eigenvalue weighted by Crippen LogP contribution is -2.29. The molecular formula is C10H11NO5S. The van der Waals surface area contributed by atoms with Crippen LogP contribution in [0.25, 0.3) is 0 Å². The lowest BCUT2D eigenvalue weighted by molar-refractivity contribution is 0.0694. The van der Waals surface area contributed by atoms with Gasteiger partial charge in [0.1, 0.15) is 5.56 Å². The van der Waals surface area contributed by atoms with Crippen LogP contribution < -0.4 is 5.56 Å². The normalized spacial score (nSPS) is 16.5. The van der Waals surface area contributed by atoms with Gasteiger partial charge < -0.3 is 10.1 Å². The third-order valence-corrected chi connectivity index (χ3v) is 5.17. The van der Waals surface area contributed by atoms with E-state index in [0.717, 1.165) is 18.7 Å².